The van der Waals surface area contributed by atoms with Crippen LogP contribution in [0.5, 0.6) is 5.75 Å². The first kappa shape index (κ1) is 15.3. The molecule has 1 fully saturated rings. The molecule has 6 heteroatoms. The van der Waals surface area contributed by atoms with Gasteiger partial charge in [-0.2, -0.15) is 0 Å². The number of hydrogen-bond donors (Lipinski definition) is 2. The molecule has 1 aromatic carbocycles. The Kier molecular flexibility index (Phi) is 4.09. The lowest BCUT2D eigenvalue weighted by Gasteiger charge is -2.23. The van der Waals surface area contributed by atoms with Crippen LogP contribution in [0.25, 0.3) is 0 Å². The average molecular weight is 299 g/mol. The van der Waals surface area contributed by atoms with Gasteiger partial charge in [-0.15, -0.1) is 0 Å². The molecule has 0 aliphatic heterocycles. The lowest BCUT2D eigenvalue weighted by atomic mass is 10.0. The van der Waals surface area contributed by atoms with Gasteiger partial charge in [-0.1, -0.05) is 6.07 Å². The first-order valence-electron chi connectivity index (χ1n) is 6.63. The zero-order valence-corrected chi connectivity index (χ0v) is 12.8. The summed E-state index contributed by atoms with van der Waals surface area (Å²) in [5.74, 6) is 0.485. The summed E-state index contributed by atoms with van der Waals surface area (Å²) in [4.78, 5) is 0.103. The SMILES string of the molecule is COc1ccc(C)cc1S(=O)(=O)NCC(C)(O)C1CC1. The minimum absolute atomic E-state index is 0.0110. The first-order chi connectivity index (χ1) is 9.26. The summed E-state index contributed by atoms with van der Waals surface area (Å²) in [6.45, 7) is 3.50. The lowest BCUT2D eigenvalue weighted by molar-refractivity contribution is 0.0422. The van der Waals surface area contributed by atoms with Crippen LogP contribution in [0.4, 0.5) is 0 Å². The van der Waals surface area contributed by atoms with Crippen LogP contribution in [0.15, 0.2) is 23.1 Å². The van der Waals surface area contributed by atoms with E-state index in [2.05, 4.69) is 4.72 Å². The smallest absolute Gasteiger partial charge is 0.244 e. The van der Waals surface area contributed by atoms with Crippen molar-refractivity contribution in [2.75, 3.05) is 13.7 Å². The zero-order valence-electron chi connectivity index (χ0n) is 12.0. The molecule has 5 nitrogen and oxygen atoms in total. The van der Waals surface area contributed by atoms with E-state index in [1.54, 1.807) is 25.1 Å². The molecule has 0 bridgehead atoms. The molecule has 1 unspecified atom stereocenters. The van der Waals surface area contributed by atoms with Crippen LogP contribution in [0.2, 0.25) is 0 Å². The Morgan fingerprint density at radius 1 is 1.45 bits per heavy atom. The van der Waals surface area contributed by atoms with Gasteiger partial charge in [-0.25, -0.2) is 13.1 Å². The third-order valence-corrected chi connectivity index (χ3v) is 5.11. The fourth-order valence-electron chi connectivity index (χ4n) is 2.16. The van der Waals surface area contributed by atoms with Crippen molar-refractivity contribution in [1.29, 1.82) is 0 Å². The minimum atomic E-state index is -3.70. The summed E-state index contributed by atoms with van der Waals surface area (Å²) in [6.07, 6.45) is 1.89. The molecule has 1 saturated carbocycles. The van der Waals surface area contributed by atoms with Gasteiger partial charge < -0.3 is 9.84 Å². The Balaban J connectivity index is 2.19. The Labute approximate surface area is 120 Å². The Morgan fingerprint density at radius 3 is 2.65 bits per heavy atom. The van der Waals surface area contributed by atoms with Crippen molar-refractivity contribution in [1.82, 2.24) is 4.72 Å². The van der Waals surface area contributed by atoms with Crippen molar-refractivity contribution in [3.05, 3.63) is 23.8 Å². The van der Waals surface area contributed by atoms with Gasteiger partial charge in [0.25, 0.3) is 0 Å². The van der Waals surface area contributed by atoms with Crippen molar-refractivity contribution < 1.29 is 18.3 Å². The van der Waals surface area contributed by atoms with Gasteiger partial charge >= 0.3 is 0 Å². The second-order valence-electron chi connectivity index (χ2n) is 5.61. The highest BCUT2D eigenvalue weighted by atomic mass is 32.2. The average Bonchev–Trinajstić information content (AvgIpc) is 3.21. The second-order valence-corrected chi connectivity index (χ2v) is 7.35. The summed E-state index contributed by atoms with van der Waals surface area (Å²) in [5, 5.41) is 10.2. The maximum absolute atomic E-state index is 12.4. The van der Waals surface area contributed by atoms with Gasteiger partial charge in [0.2, 0.25) is 10.0 Å². The summed E-state index contributed by atoms with van der Waals surface area (Å²) in [5.41, 5.74) is -0.162. The van der Waals surface area contributed by atoms with Crippen molar-refractivity contribution in [3.8, 4) is 5.75 Å². The number of ether oxygens (including phenoxy) is 1. The number of hydrogen-bond acceptors (Lipinski definition) is 4. The molecule has 0 radical (unpaired) electrons. The molecule has 1 atom stereocenters. The molecule has 0 aromatic heterocycles. The minimum Gasteiger partial charge on any atom is -0.495 e. The molecule has 1 aliphatic rings. The van der Waals surface area contributed by atoms with Crippen LogP contribution >= 0.6 is 0 Å². The van der Waals surface area contributed by atoms with Crippen LogP contribution in [0.1, 0.15) is 25.3 Å². The first-order valence-corrected chi connectivity index (χ1v) is 8.11. The molecule has 1 aliphatic carbocycles. The molecule has 1 aromatic rings. The van der Waals surface area contributed by atoms with Gasteiger partial charge in [0, 0.05) is 6.54 Å². The lowest BCUT2D eigenvalue weighted by Crippen LogP contribution is -2.42. The predicted molar refractivity (Wildman–Crippen MR) is 76.3 cm³/mol. The number of nitrogens with one attached hydrogen (secondary N) is 1. The molecular weight excluding hydrogens is 278 g/mol. The Hall–Kier alpha value is -1.11. The largest absolute Gasteiger partial charge is 0.495 e. The highest BCUT2D eigenvalue weighted by Gasteiger charge is 2.40. The monoisotopic (exact) mass is 299 g/mol. The fourth-order valence-corrected chi connectivity index (χ4v) is 3.56. The van der Waals surface area contributed by atoms with E-state index in [-0.39, 0.29) is 17.4 Å². The van der Waals surface area contributed by atoms with Crippen molar-refractivity contribution in [2.24, 2.45) is 5.92 Å². The highest BCUT2D eigenvalue weighted by molar-refractivity contribution is 7.89. The van der Waals surface area contributed by atoms with Gasteiger partial charge in [0.1, 0.15) is 10.6 Å². The zero-order chi connectivity index (χ0) is 15.0. The van der Waals surface area contributed by atoms with E-state index < -0.39 is 15.6 Å². The van der Waals surface area contributed by atoms with Crippen molar-refractivity contribution in [2.45, 2.75) is 37.2 Å². The van der Waals surface area contributed by atoms with E-state index in [1.165, 1.54) is 7.11 Å². The fraction of sp³-hybridized carbons (Fsp3) is 0.571. The van der Waals surface area contributed by atoms with E-state index in [0.717, 1.165) is 18.4 Å². The van der Waals surface area contributed by atoms with E-state index in [0.29, 0.717) is 5.75 Å². The normalized spacial score (nSPS) is 18.6. The van der Waals surface area contributed by atoms with Crippen molar-refractivity contribution in [3.63, 3.8) is 0 Å². The van der Waals surface area contributed by atoms with E-state index in [9.17, 15) is 13.5 Å². The molecule has 20 heavy (non-hydrogen) atoms. The number of methoxy groups -OCH3 is 1. The summed E-state index contributed by atoms with van der Waals surface area (Å²) in [6, 6.07) is 4.98. The third-order valence-electron chi connectivity index (χ3n) is 3.69. The summed E-state index contributed by atoms with van der Waals surface area (Å²) < 4.78 is 32.3. The van der Waals surface area contributed by atoms with E-state index >= 15 is 0 Å². The molecule has 2 rings (SSSR count). The predicted octanol–water partition coefficient (Wildman–Crippen LogP) is 1.44. The topological polar surface area (TPSA) is 75.6 Å². The Morgan fingerprint density at radius 2 is 2.10 bits per heavy atom. The molecule has 2 N–H and O–H groups in total. The summed E-state index contributed by atoms with van der Waals surface area (Å²) in [7, 11) is -2.26. The number of rotatable bonds is 6. The van der Waals surface area contributed by atoms with Crippen LogP contribution in [0, 0.1) is 12.8 Å². The van der Waals surface area contributed by atoms with E-state index in [1.807, 2.05) is 6.92 Å². The van der Waals surface area contributed by atoms with Crippen LogP contribution in [0.3, 0.4) is 0 Å². The Bertz CT molecular complexity index is 591. The molecule has 0 amide bonds. The quantitative estimate of drug-likeness (QED) is 0.833. The standard InChI is InChI=1S/C14H21NO4S/c1-10-4-7-12(19-3)13(8-10)20(17,18)15-9-14(2,16)11-5-6-11/h4,7-8,11,15-16H,5-6,9H2,1-3H3. The maximum Gasteiger partial charge on any atom is 0.244 e. The molecule has 0 heterocycles. The van der Waals surface area contributed by atoms with Crippen LogP contribution < -0.4 is 9.46 Å². The van der Waals surface area contributed by atoms with Gasteiger partial charge in [0.05, 0.1) is 12.7 Å². The van der Waals surface area contributed by atoms with E-state index in [4.69, 9.17) is 4.74 Å². The maximum atomic E-state index is 12.4. The van der Waals surface area contributed by atoms with Crippen LogP contribution in [-0.2, 0) is 10.0 Å². The van der Waals surface area contributed by atoms with Gasteiger partial charge in [-0.3, -0.25) is 0 Å². The summed E-state index contributed by atoms with van der Waals surface area (Å²) >= 11 is 0. The third kappa shape index (κ3) is 3.31. The highest BCUT2D eigenvalue weighted by Crippen LogP contribution is 2.39. The van der Waals surface area contributed by atoms with Crippen molar-refractivity contribution >= 4 is 10.0 Å². The van der Waals surface area contributed by atoms with Gasteiger partial charge in [-0.05, 0) is 50.3 Å². The number of sulfonamides is 1. The van der Waals surface area contributed by atoms with Gasteiger partial charge in [0.15, 0.2) is 0 Å². The molecule has 0 saturated heterocycles. The molecular formula is C14H21NO4S. The number of benzene rings is 1. The second kappa shape index (κ2) is 5.35. The number of aliphatic hydroxyl groups is 1. The molecule has 0 spiro atoms. The molecule has 112 valence electrons. The number of aryl methyl sites for hydroxylation is 1. The van der Waals surface area contributed by atoms with Crippen LogP contribution in [-0.4, -0.2) is 32.8 Å².